The number of nitrogens with one attached hydrogen (secondary N) is 1. The number of piperidine rings is 1. The zero-order valence-corrected chi connectivity index (χ0v) is 11.8. The third-order valence-corrected chi connectivity index (χ3v) is 3.96. The Morgan fingerprint density at radius 3 is 2.67 bits per heavy atom. The lowest BCUT2D eigenvalue weighted by molar-refractivity contribution is 0.203. The van der Waals surface area contributed by atoms with Crippen LogP contribution in [-0.2, 0) is 0 Å². The van der Waals surface area contributed by atoms with Gasteiger partial charge in [0, 0.05) is 35.4 Å². The van der Waals surface area contributed by atoms with E-state index in [4.69, 9.17) is 16.2 Å². The zero-order valence-electron chi connectivity index (χ0n) is 10.2. The molecule has 0 unspecified atom stereocenters. The van der Waals surface area contributed by atoms with Crippen LogP contribution < -0.4 is 10.6 Å². The molecule has 0 radical (unpaired) electrons. The van der Waals surface area contributed by atoms with Crippen molar-refractivity contribution in [2.75, 3.05) is 24.6 Å². The second-order valence-corrected chi connectivity index (χ2v) is 5.60. The van der Waals surface area contributed by atoms with Gasteiger partial charge in [-0.05, 0) is 37.0 Å². The van der Waals surface area contributed by atoms with E-state index in [-0.39, 0.29) is 12.4 Å². The molecule has 0 spiro atoms. The number of anilines is 1. The predicted octanol–water partition coefficient (Wildman–Crippen LogP) is 1.94. The van der Waals surface area contributed by atoms with Gasteiger partial charge in [0.1, 0.15) is 5.84 Å². The summed E-state index contributed by atoms with van der Waals surface area (Å²) in [5.74, 6) is 0.510. The van der Waals surface area contributed by atoms with Crippen molar-refractivity contribution in [3.05, 3.63) is 28.2 Å². The first-order valence-electron chi connectivity index (χ1n) is 6.11. The lowest BCUT2D eigenvalue weighted by atomic mass is 9.97. The molecule has 5 heteroatoms. The van der Waals surface area contributed by atoms with E-state index in [9.17, 15) is 0 Å². The van der Waals surface area contributed by atoms with Crippen molar-refractivity contribution in [2.45, 2.75) is 12.8 Å². The number of hydrogen-bond donors (Lipinski definition) is 3. The Labute approximate surface area is 115 Å². The van der Waals surface area contributed by atoms with Gasteiger partial charge in [0.25, 0.3) is 0 Å². The van der Waals surface area contributed by atoms with Crippen LogP contribution in [0.15, 0.2) is 22.7 Å². The maximum Gasteiger partial charge on any atom is 0.124 e. The molecule has 0 aromatic heterocycles. The van der Waals surface area contributed by atoms with Crippen molar-refractivity contribution in [2.24, 2.45) is 11.7 Å². The fourth-order valence-electron chi connectivity index (χ4n) is 2.35. The Morgan fingerprint density at radius 2 is 2.11 bits per heavy atom. The number of hydrogen-bond acceptors (Lipinski definition) is 3. The Kier molecular flexibility index (Phi) is 4.24. The van der Waals surface area contributed by atoms with Crippen LogP contribution in [0.25, 0.3) is 0 Å². The second-order valence-electron chi connectivity index (χ2n) is 4.69. The maximum absolute atomic E-state index is 9.15. The van der Waals surface area contributed by atoms with Crippen molar-refractivity contribution in [1.82, 2.24) is 0 Å². The summed E-state index contributed by atoms with van der Waals surface area (Å²) in [4.78, 5) is 2.24. The Balaban J connectivity index is 2.22. The smallest absolute Gasteiger partial charge is 0.124 e. The summed E-state index contributed by atoms with van der Waals surface area (Å²) in [6.07, 6.45) is 1.97. The summed E-state index contributed by atoms with van der Waals surface area (Å²) in [7, 11) is 0. The van der Waals surface area contributed by atoms with E-state index in [1.807, 2.05) is 18.2 Å². The molecule has 1 aliphatic heterocycles. The topological polar surface area (TPSA) is 73.3 Å². The molecule has 0 saturated carbocycles. The van der Waals surface area contributed by atoms with Crippen molar-refractivity contribution in [3.8, 4) is 0 Å². The molecule has 98 valence electrons. The van der Waals surface area contributed by atoms with Gasteiger partial charge in [0.05, 0.1) is 0 Å². The SMILES string of the molecule is N=C(N)c1ccc(Br)cc1N1CCC(CO)CC1. The van der Waals surface area contributed by atoms with Crippen molar-refractivity contribution >= 4 is 27.5 Å². The highest BCUT2D eigenvalue weighted by Gasteiger charge is 2.21. The average molecular weight is 312 g/mol. The van der Waals surface area contributed by atoms with E-state index < -0.39 is 0 Å². The lowest BCUT2D eigenvalue weighted by Crippen LogP contribution is -2.36. The normalized spacial score (nSPS) is 16.9. The fourth-order valence-corrected chi connectivity index (χ4v) is 2.70. The molecule has 4 nitrogen and oxygen atoms in total. The first kappa shape index (κ1) is 13.4. The summed E-state index contributed by atoms with van der Waals surface area (Å²) in [6, 6.07) is 5.79. The van der Waals surface area contributed by atoms with Gasteiger partial charge in [0.2, 0.25) is 0 Å². The van der Waals surface area contributed by atoms with E-state index in [2.05, 4.69) is 20.8 Å². The molecule has 1 saturated heterocycles. The zero-order chi connectivity index (χ0) is 13.1. The number of nitrogen functional groups attached to an aromatic ring is 1. The molecule has 1 heterocycles. The molecule has 1 aliphatic rings. The van der Waals surface area contributed by atoms with Crippen LogP contribution >= 0.6 is 15.9 Å². The molecule has 18 heavy (non-hydrogen) atoms. The van der Waals surface area contributed by atoms with Crippen LogP contribution in [0, 0.1) is 11.3 Å². The van der Waals surface area contributed by atoms with Crippen molar-refractivity contribution < 1.29 is 5.11 Å². The highest BCUT2D eigenvalue weighted by atomic mass is 79.9. The first-order chi connectivity index (χ1) is 8.61. The van der Waals surface area contributed by atoms with Gasteiger partial charge in [-0.15, -0.1) is 0 Å². The molecule has 0 atom stereocenters. The minimum Gasteiger partial charge on any atom is -0.396 e. The van der Waals surface area contributed by atoms with Crippen LogP contribution in [0.4, 0.5) is 5.69 Å². The number of benzene rings is 1. The van der Waals surface area contributed by atoms with Gasteiger partial charge in [-0.2, -0.15) is 0 Å². The molecule has 2 rings (SSSR count). The Hall–Kier alpha value is -1.07. The number of aliphatic hydroxyl groups is 1. The maximum atomic E-state index is 9.15. The van der Waals surface area contributed by atoms with E-state index in [0.29, 0.717) is 5.92 Å². The number of rotatable bonds is 3. The second kappa shape index (κ2) is 5.71. The van der Waals surface area contributed by atoms with Crippen LogP contribution in [0.3, 0.4) is 0 Å². The summed E-state index contributed by atoms with van der Waals surface area (Å²) in [5, 5.41) is 16.8. The molecule has 0 bridgehead atoms. The molecular weight excluding hydrogens is 294 g/mol. The number of aliphatic hydroxyl groups excluding tert-OH is 1. The third kappa shape index (κ3) is 2.84. The molecule has 0 amide bonds. The molecule has 1 aromatic carbocycles. The molecule has 0 aliphatic carbocycles. The van der Waals surface area contributed by atoms with Crippen LogP contribution in [0.5, 0.6) is 0 Å². The fraction of sp³-hybridized carbons (Fsp3) is 0.462. The lowest BCUT2D eigenvalue weighted by Gasteiger charge is -2.34. The highest BCUT2D eigenvalue weighted by Crippen LogP contribution is 2.28. The van der Waals surface area contributed by atoms with Crippen LogP contribution in [0.1, 0.15) is 18.4 Å². The summed E-state index contributed by atoms with van der Waals surface area (Å²) >= 11 is 3.46. The van der Waals surface area contributed by atoms with Crippen LogP contribution in [0.2, 0.25) is 0 Å². The quantitative estimate of drug-likeness (QED) is 0.590. The van der Waals surface area contributed by atoms with E-state index in [1.54, 1.807) is 0 Å². The summed E-state index contributed by atoms with van der Waals surface area (Å²) < 4.78 is 0.992. The number of nitrogens with two attached hydrogens (primary N) is 1. The highest BCUT2D eigenvalue weighted by molar-refractivity contribution is 9.10. The van der Waals surface area contributed by atoms with E-state index >= 15 is 0 Å². The minimum atomic E-state index is 0.0989. The molecular formula is C13H18BrN3O. The molecule has 4 N–H and O–H groups in total. The Morgan fingerprint density at radius 1 is 1.44 bits per heavy atom. The Bertz CT molecular complexity index is 442. The largest absolute Gasteiger partial charge is 0.396 e. The van der Waals surface area contributed by atoms with Gasteiger partial charge in [-0.3, -0.25) is 5.41 Å². The van der Waals surface area contributed by atoms with Crippen molar-refractivity contribution in [1.29, 1.82) is 5.41 Å². The van der Waals surface area contributed by atoms with Gasteiger partial charge < -0.3 is 15.7 Å². The van der Waals surface area contributed by atoms with E-state index in [1.165, 1.54) is 0 Å². The predicted molar refractivity (Wildman–Crippen MR) is 77.2 cm³/mol. The first-order valence-corrected chi connectivity index (χ1v) is 6.91. The summed E-state index contributed by atoms with van der Waals surface area (Å²) in [6.45, 7) is 2.08. The minimum absolute atomic E-state index is 0.0989. The van der Waals surface area contributed by atoms with Crippen LogP contribution in [-0.4, -0.2) is 30.6 Å². The van der Waals surface area contributed by atoms with Crippen molar-refractivity contribution in [3.63, 3.8) is 0 Å². The number of nitrogens with zero attached hydrogens (tertiary/aromatic N) is 1. The number of halogens is 1. The molecule has 1 fully saturated rings. The van der Waals surface area contributed by atoms with Gasteiger partial charge in [0.15, 0.2) is 0 Å². The van der Waals surface area contributed by atoms with Gasteiger partial charge in [-0.1, -0.05) is 15.9 Å². The summed E-state index contributed by atoms with van der Waals surface area (Å²) in [5.41, 5.74) is 7.41. The van der Waals surface area contributed by atoms with Gasteiger partial charge >= 0.3 is 0 Å². The standard InChI is InChI=1S/C13H18BrN3O/c14-10-1-2-11(13(15)16)12(7-10)17-5-3-9(8-18)4-6-17/h1-2,7,9,18H,3-6,8H2,(H3,15,16). The molecule has 1 aromatic rings. The van der Waals surface area contributed by atoms with Gasteiger partial charge in [-0.25, -0.2) is 0 Å². The number of amidine groups is 1. The van der Waals surface area contributed by atoms with E-state index in [0.717, 1.165) is 41.7 Å². The monoisotopic (exact) mass is 311 g/mol. The third-order valence-electron chi connectivity index (χ3n) is 3.46. The average Bonchev–Trinajstić information content (AvgIpc) is 2.38.